The molecule has 1 N–H and O–H groups in total. The Balaban J connectivity index is 1.68. The van der Waals surface area contributed by atoms with Gasteiger partial charge in [0.2, 0.25) is 10.0 Å². The highest BCUT2D eigenvalue weighted by Crippen LogP contribution is 2.17. The Bertz CT molecular complexity index is 846. The van der Waals surface area contributed by atoms with Crippen LogP contribution in [-0.2, 0) is 23.1 Å². The van der Waals surface area contributed by atoms with Crippen molar-refractivity contribution in [1.29, 1.82) is 0 Å². The smallest absolute Gasteiger partial charge is 0.241 e. The van der Waals surface area contributed by atoms with Crippen LogP contribution in [0.25, 0.3) is 0 Å². The molecule has 0 atom stereocenters. The maximum absolute atomic E-state index is 13.2. The first kappa shape index (κ1) is 18.0. The van der Waals surface area contributed by atoms with Crippen molar-refractivity contribution in [3.05, 3.63) is 65.0 Å². The Labute approximate surface area is 148 Å². The Morgan fingerprint density at radius 1 is 1.08 bits per heavy atom. The van der Waals surface area contributed by atoms with Crippen molar-refractivity contribution < 1.29 is 12.8 Å². The number of nitrogens with one attached hydrogen (secondary N) is 1. The second kappa shape index (κ2) is 7.64. The first-order valence-electron chi connectivity index (χ1n) is 8.50. The van der Waals surface area contributed by atoms with E-state index in [2.05, 4.69) is 15.7 Å². The minimum Gasteiger partial charge on any atom is -0.299 e. The van der Waals surface area contributed by atoms with Crippen LogP contribution < -0.4 is 4.72 Å². The quantitative estimate of drug-likeness (QED) is 0.858. The molecule has 0 aliphatic carbocycles. The minimum atomic E-state index is -3.67. The van der Waals surface area contributed by atoms with Gasteiger partial charge in [-0.2, -0.15) is 0 Å². The van der Waals surface area contributed by atoms with E-state index in [4.69, 9.17) is 0 Å². The zero-order chi connectivity index (χ0) is 17.9. The number of hydrogen-bond donors (Lipinski definition) is 1. The first-order valence-corrected chi connectivity index (χ1v) is 9.98. The van der Waals surface area contributed by atoms with Gasteiger partial charge in [-0.1, -0.05) is 24.3 Å². The monoisotopic (exact) mass is 362 g/mol. The highest BCUT2D eigenvalue weighted by Gasteiger charge is 2.17. The van der Waals surface area contributed by atoms with E-state index in [1.165, 1.54) is 30.5 Å². The van der Waals surface area contributed by atoms with E-state index in [1.54, 1.807) is 6.92 Å². The van der Waals surface area contributed by atoms with Crippen molar-refractivity contribution in [1.82, 2.24) is 9.62 Å². The maximum atomic E-state index is 13.2. The number of benzene rings is 2. The molecule has 0 unspecified atom stereocenters. The maximum Gasteiger partial charge on any atom is 0.241 e. The summed E-state index contributed by atoms with van der Waals surface area (Å²) in [6, 6.07) is 11.7. The highest BCUT2D eigenvalue weighted by molar-refractivity contribution is 7.89. The van der Waals surface area contributed by atoms with Crippen molar-refractivity contribution in [3.8, 4) is 0 Å². The van der Waals surface area contributed by atoms with E-state index in [9.17, 15) is 12.8 Å². The zero-order valence-electron chi connectivity index (χ0n) is 14.3. The summed E-state index contributed by atoms with van der Waals surface area (Å²) in [7, 11) is -3.67. The summed E-state index contributed by atoms with van der Waals surface area (Å²) in [6.45, 7) is 4.96. The highest BCUT2D eigenvalue weighted by atomic mass is 32.2. The van der Waals surface area contributed by atoms with Crippen molar-refractivity contribution in [3.63, 3.8) is 0 Å². The average Bonchev–Trinajstić information content (AvgIpc) is 3.06. The van der Waals surface area contributed by atoms with Crippen LogP contribution in [0.2, 0.25) is 0 Å². The molecule has 0 saturated carbocycles. The fourth-order valence-corrected chi connectivity index (χ4v) is 4.45. The summed E-state index contributed by atoms with van der Waals surface area (Å²) < 4.78 is 40.7. The largest absolute Gasteiger partial charge is 0.299 e. The molecule has 0 aromatic heterocycles. The van der Waals surface area contributed by atoms with Gasteiger partial charge in [-0.05, 0) is 67.7 Å². The predicted octanol–water partition coefficient (Wildman–Crippen LogP) is 3.21. The molecule has 25 heavy (non-hydrogen) atoms. The van der Waals surface area contributed by atoms with Gasteiger partial charge in [0.05, 0.1) is 4.90 Å². The molecule has 6 heteroatoms. The van der Waals surface area contributed by atoms with Gasteiger partial charge in [0.1, 0.15) is 5.82 Å². The zero-order valence-corrected chi connectivity index (χ0v) is 15.2. The SMILES string of the molecule is Cc1cc(F)ccc1S(=O)(=O)NCc1cccc(CN2CCCC2)c1. The number of rotatable bonds is 6. The lowest BCUT2D eigenvalue weighted by Crippen LogP contribution is -2.24. The van der Waals surface area contributed by atoms with Gasteiger partial charge in [-0.25, -0.2) is 17.5 Å². The number of hydrogen-bond acceptors (Lipinski definition) is 3. The Morgan fingerprint density at radius 3 is 2.52 bits per heavy atom. The number of likely N-dealkylation sites (tertiary alicyclic amines) is 1. The molecule has 2 aromatic carbocycles. The minimum absolute atomic E-state index is 0.113. The molecule has 0 bridgehead atoms. The van der Waals surface area contributed by atoms with Crippen molar-refractivity contribution in [2.75, 3.05) is 13.1 Å². The first-order chi connectivity index (χ1) is 11.9. The van der Waals surface area contributed by atoms with Gasteiger partial charge in [0.15, 0.2) is 0 Å². The van der Waals surface area contributed by atoms with Gasteiger partial charge in [0.25, 0.3) is 0 Å². The Kier molecular flexibility index (Phi) is 5.51. The van der Waals surface area contributed by atoms with Gasteiger partial charge in [0, 0.05) is 13.1 Å². The number of sulfonamides is 1. The molecular formula is C19H23FN2O2S. The van der Waals surface area contributed by atoms with E-state index in [0.717, 1.165) is 31.3 Å². The molecule has 134 valence electrons. The fraction of sp³-hybridized carbons (Fsp3) is 0.368. The molecular weight excluding hydrogens is 339 g/mol. The van der Waals surface area contributed by atoms with Crippen molar-refractivity contribution in [2.24, 2.45) is 0 Å². The van der Waals surface area contributed by atoms with Crippen molar-refractivity contribution in [2.45, 2.75) is 37.8 Å². The third-order valence-corrected chi connectivity index (χ3v) is 6.05. The van der Waals surface area contributed by atoms with Gasteiger partial charge in [-0.3, -0.25) is 4.90 Å². The van der Waals surface area contributed by atoms with Crippen LogP contribution in [0.1, 0.15) is 29.5 Å². The molecule has 0 amide bonds. The van der Waals surface area contributed by atoms with E-state index in [0.29, 0.717) is 5.56 Å². The summed E-state index contributed by atoms with van der Waals surface area (Å²) >= 11 is 0. The van der Waals surface area contributed by atoms with E-state index < -0.39 is 15.8 Å². The summed E-state index contributed by atoms with van der Waals surface area (Å²) in [4.78, 5) is 2.52. The number of aryl methyl sites for hydroxylation is 1. The van der Waals surface area contributed by atoms with Crippen LogP contribution in [0.5, 0.6) is 0 Å². The Hall–Kier alpha value is -1.76. The third kappa shape index (κ3) is 4.66. The summed E-state index contributed by atoms with van der Waals surface area (Å²) in [5, 5.41) is 0. The molecule has 0 spiro atoms. The van der Waals surface area contributed by atoms with Crippen LogP contribution in [-0.4, -0.2) is 26.4 Å². The van der Waals surface area contributed by atoms with Gasteiger partial charge in [-0.15, -0.1) is 0 Å². The van der Waals surface area contributed by atoms with Crippen LogP contribution in [0.3, 0.4) is 0 Å². The molecule has 2 aromatic rings. The third-order valence-electron chi connectivity index (χ3n) is 4.49. The topological polar surface area (TPSA) is 49.4 Å². The molecule has 4 nitrogen and oxygen atoms in total. The predicted molar refractivity (Wildman–Crippen MR) is 96.1 cm³/mol. The molecule has 1 fully saturated rings. The van der Waals surface area contributed by atoms with E-state index in [1.807, 2.05) is 18.2 Å². The number of nitrogens with zero attached hydrogens (tertiary/aromatic N) is 1. The van der Waals surface area contributed by atoms with E-state index >= 15 is 0 Å². The molecule has 3 rings (SSSR count). The van der Waals surface area contributed by atoms with Crippen LogP contribution in [0.4, 0.5) is 4.39 Å². The molecule has 1 aliphatic heterocycles. The molecule has 0 radical (unpaired) electrons. The lowest BCUT2D eigenvalue weighted by atomic mass is 10.1. The van der Waals surface area contributed by atoms with Crippen LogP contribution in [0.15, 0.2) is 47.4 Å². The molecule has 1 heterocycles. The van der Waals surface area contributed by atoms with Crippen molar-refractivity contribution >= 4 is 10.0 Å². The molecule has 1 aliphatic rings. The Morgan fingerprint density at radius 2 is 1.80 bits per heavy atom. The molecule has 1 saturated heterocycles. The lowest BCUT2D eigenvalue weighted by molar-refractivity contribution is 0.331. The lowest BCUT2D eigenvalue weighted by Gasteiger charge is -2.15. The average molecular weight is 362 g/mol. The normalized spacial score (nSPS) is 15.6. The van der Waals surface area contributed by atoms with Gasteiger partial charge >= 0.3 is 0 Å². The van der Waals surface area contributed by atoms with Crippen LogP contribution >= 0.6 is 0 Å². The van der Waals surface area contributed by atoms with E-state index in [-0.39, 0.29) is 11.4 Å². The van der Waals surface area contributed by atoms with Crippen LogP contribution in [0, 0.1) is 12.7 Å². The summed E-state index contributed by atoms with van der Waals surface area (Å²) in [6.07, 6.45) is 2.49. The summed E-state index contributed by atoms with van der Waals surface area (Å²) in [5.74, 6) is -0.439. The summed E-state index contributed by atoms with van der Waals surface area (Å²) in [5.41, 5.74) is 2.51. The second-order valence-corrected chi connectivity index (χ2v) is 8.27. The number of halogens is 1. The van der Waals surface area contributed by atoms with Gasteiger partial charge < -0.3 is 0 Å². The fourth-order valence-electron chi connectivity index (χ4n) is 3.21. The second-order valence-electron chi connectivity index (χ2n) is 6.54. The standard InChI is InChI=1S/C19H23FN2O2S/c1-15-11-18(20)7-8-19(15)25(23,24)21-13-16-5-4-6-17(12-16)14-22-9-2-3-10-22/h4-8,11-12,21H,2-3,9-10,13-14H2,1H3.